The summed E-state index contributed by atoms with van der Waals surface area (Å²) in [5.41, 5.74) is 3.28. The van der Waals surface area contributed by atoms with Crippen molar-refractivity contribution in [2.45, 2.75) is 0 Å². The second-order valence-electron chi connectivity index (χ2n) is 5.09. The van der Waals surface area contributed by atoms with E-state index < -0.39 is 5.97 Å². The normalized spacial score (nSPS) is 16.5. The number of likely N-dealkylation sites (N-methyl/N-ethyl adjacent to an activating group) is 1. The van der Waals surface area contributed by atoms with Gasteiger partial charge in [-0.1, -0.05) is 12.1 Å². The van der Waals surface area contributed by atoms with Crippen LogP contribution in [0.3, 0.4) is 0 Å². The van der Waals surface area contributed by atoms with E-state index in [1.807, 2.05) is 12.1 Å². The van der Waals surface area contributed by atoms with Crippen LogP contribution in [0.25, 0.3) is 0 Å². The third-order valence-electron chi connectivity index (χ3n) is 3.56. The van der Waals surface area contributed by atoms with E-state index in [0.29, 0.717) is 5.69 Å². The van der Waals surface area contributed by atoms with Crippen LogP contribution in [0.5, 0.6) is 0 Å². The molecule has 7 heteroatoms. The number of carbonyl (C=O) groups is 2. The van der Waals surface area contributed by atoms with Gasteiger partial charge in [0.2, 0.25) is 0 Å². The number of para-hydroxylation sites is 1. The van der Waals surface area contributed by atoms with Crippen LogP contribution in [0.2, 0.25) is 0 Å². The molecule has 1 aliphatic rings. The first-order valence-corrected chi connectivity index (χ1v) is 6.79. The lowest BCUT2D eigenvalue weighted by atomic mass is 10.1. The van der Waals surface area contributed by atoms with E-state index in [2.05, 4.69) is 10.3 Å². The molecule has 21 heavy (non-hydrogen) atoms. The molecule has 0 spiro atoms. The number of hydrogen-bond acceptors (Lipinski definition) is 4. The Balaban J connectivity index is 2.04. The smallest absolute Gasteiger partial charge is 0.337 e. The van der Waals surface area contributed by atoms with Gasteiger partial charge in [0.1, 0.15) is 0 Å². The molecule has 0 aromatic heterocycles. The van der Waals surface area contributed by atoms with Crippen LogP contribution in [0.4, 0.5) is 10.5 Å². The number of nitrogens with zero attached hydrogens (tertiary/aromatic N) is 3. The van der Waals surface area contributed by atoms with E-state index in [1.165, 1.54) is 11.0 Å². The Morgan fingerprint density at radius 1 is 1.19 bits per heavy atom. The van der Waals surface area contributed by atoms with Gasteiger partial charge in [-0.05, 0) is 19.2 Å². The summed E-state index contributed by atoms with van der Waals surface area (Å²) in [4.78, 5) is 26.9. The van der Waals surface area contributed by atoms with Gasteiger partial charge in [-0.25, -0.2) is 14.6 Å². The van der Waals surface area contributed by atoms with Gasteiger partial charge in [0.15, 0.2) is 0 Å². The van der Waals surface area contributed by atoms with E-state index >= 15 is 0 Å². The number of anilines is 1. The third-order valence-corrected chi connectivity index (χ3v) is 3.56. The van der Waals surface area contributed by atoms with Gasteiger partial charge in [-0.3, -0.25) is 10.3 Å². The fourth-order valence-electron chi connectivity index (χ4n) is 2.18. The standard InChI is InChI=1S/C14H20N4O3/c1-16-7-9-18(10-8-16)15-14(21)17(2)12-6-4-3-5-11(12)13(19)20/h3-6H,7-10H2,1-2H3,(H,15,21)(H,19,20). The molecule has 0 radical (unpaired) electrons. The molecule has 2 N–H and O–H groups in total. The topological polar surface area (TPSA) is 76.1 Å². The van der Waals surface area contributed by atoms with Crippen LogP contribution in [-0.4, -0.2) is 67.3 Å². The summed E-state index contributed by atoms with van der Waals surface area (Å²) in [6.07, 6.45) is 0. The first-order valence-electron chi connectivity index (χ1n) is 6.79. The van der Waals surface area contributed by atoms with Gasteiger partial charge < -0.3 is 10.0 Å². The molecule has 114 valence electrons. The molecule has 1 saturated heterocycles. The number of carbonyl (C=O) groups excluding carboxylic acids is 1. The molecular formula is C14H20N4O3. The van der Waals surface area contributed by atoms with E-state index in [1.54, 1.807) is 25.2 Å². The molecule has 2 rings (SSSR count). The number of rotatable bonds is 3. The van der Waals surface area contributed by atoms with Crippen molar-refractivity contribution < 1.29 is 14.7 Å². The number of nitrogens with one attached hydrogen (secondary N) is 1. The summed E-state index contributed by atoms with van der Waals surface area (Å²) in [6, 6.07) is 6.11. The van der Waals surface area contributed by atoms with E-state index in [9.17, 15) is 14.7 Å². The number of benzene rings is 1. The van der Waals surface area contributed by atoms with Gasteiger partial charge >= 0.3 is 12.0 Å². The predicted octanol–water partition coefficient (Wildman–Crippen LogP) is 0.693. The number of hydrogen-bond donors (Lipinski definition) is 2. The quantitative estimate of drug-likeness (QED) is 0.857. The zero-order chi connectivity index (χ0) is 15.4. The van der Waals surface area contributed by atoms with Gasteiger partial charge in [-0.2, -0.15) is 0 Å². The fourth-order valence-corrected chi connectivity index (χ4v) is 2.18. The molecule has 0 bridgehead atoms. The van der Waals surface area contributed by atoms with Crippen molar-refractivity contribution in [2.75, 3.05) is 45.2 Å². The van der Waals surface area contributed by atoms with Gasteiger partial charge in [-0.15, -0.1) is 0 Å². The first-order chi connectivity index (χ1) is 9.99. The largest absolute Gasteiger partial charge is 0.478 e. The number of carboxylic acid groups (broad SMARTS) is 1. The van der Waals surface area contributed by atoms with Gasteiger partial charge in [0.05, 0.1) is 11.3 Å². The van der Waals surface area contributed by atoms with Gasteiger partial charge in [0, 0.05) is 33.2 Å². The highest BCUT2D eigenvalue weighted by molar-refractivity contribution is 6.00. The Bertz CT molecular complexity index is 527. The average molecular weight is 292 g/mol. The molecule has 0 atom stereocenters. The van der Waals surface area contributed by atoms with Crippen LogP contribution in [-0.2, 0) is 0 Å². The van der Waals surface area contributed by atoms with Gasteiger partial charge in [0.25, 0.3) is 0 Å². The molecule has 0 unspecified atom stereocenters. The molecule has 1 aliphatic heterocycles. The molecular weight excluding hydrogens is 272 g/mol. The molecule has 0 saturated carbocycles. The van der Waals surface area contributed by atoms with Crippen molar-refractivity contribution in [2.24, 2.45) is 0 Å². The Morgan fingerprint density at radius 2 is 1.81 bits per heavy atom. The number of aromatic carboxylic acids is 1. The summed E-state index contributed by atoms with van der Waals surface area (Å²) >= 11 is 0. The van der Waals surface area contributed by atoms with E-state index in [0.717, 1.165) is 26.2 Å². The molecule has 1 fully saturated rings. The van der Waals surface area contributed by atoms with Crippen LogP contribution in [0.1, 0.15) is 10.4 Å². The zero-order valence-corrected chi connectivity index (χ0v) is 12.2. The highest BCUT2D eigenvalue weighted by Gasteiger charge is 2.21. The minimum atomic E-state index is -1.05. The highest BCUT2D eigenvalue weighted by Crippen LogP contribution is 2.19. The van der Waals surface area contributed by atoms with Crippen LogP contribution >= 0.6 is 0 Å². The summed E-state index contributed by atoms with van der Waals surface area (Å²) in [5, 5.41) is 11.0. The lowest BCUT2D eigenvalue weighted by molar-refractivity contribution is 0.0697. The number of amides is 2. The monoisotopic (exact) mass is 292 g/mol. The van der Waals surface area contributed by atoms with E-state index in [4.69, 9.17) is 0 Å². The highest BCUT2D eigenvalue weighted by atomic mass is 16.4. The first kappa shape index (κ1) is 15.3. The van der Waals surface area contributed by atoms with Crippen molar-refractivity contribution in [3.05, 3.63) is 29.8 Å². The maximum Gasteiger partial charge on any atom is 0.337 e. The number of piperazine rings is 1. The van der Waals surface area contributed by atoms with Crippen molar-refractivity contribution in [3.8, 4) is 0 Å². The average Bonchev–Trinajstić information content (AvgIpc) is 2.48. The second-order valence-corrected chi connectivity index (χ2v) is 5.09. The van der Waals surface area contributed by atoms with Crippen molar-refractivity contribution in [3.63, 3.8) is 0 Å². The molecule has 1 aromatic carbocycles. The Labute approximate surface area is 123 Å². The molecule has 1 aromatic rings. The summed E-state index contributed by atoms with van der Waals surface area (Å²) in [6.45, 7) is 3.26. The second kappa shape index (κ2) is 6.55. The van der Waals surface area contributed by atoms with E-state index in [-0.39, 0.29) is 11.6 Å². The van der Waals surface area contributed by atoms with Crippen LogP contribution < -0.4 is 10.3 Å². The predicted molar refractivity (Wildman–Crippen MR) is 79.4 cm³/mol. The number of hydrazine groups is 1. The van der Waals surface area contributed by atoms with Crippen LogP contribution in [0.15, 0.2) is 24.3 Å². The minimum absolute atomic E-state index is 0.105. The zero-order valence-electron chi connectivity index (χ0n) is 12.2. The molecule has 1 heterocycles. The summed E-state index contributed by atoms with van der Waals surface area (Å²) in [5.74, 6) is -1.05. The number of urea groups is 1. The Hall–Kier alpha value is -2.12. The minimum Gasteiger partial charge on any atom is -0.478 e. The summed E-state index contributed by atoms with van der Waals surface area (Å²) < 4.78 is 0. The maximum absolute atomic E-state index is 12.2. The lowest BCUT2D eigenvalue weighted by Gasteiger charge is -2.33. The Morgan fingerprint density at radius 3 is 2.43 bits per heavy atom. The van der Waals surface area contributed by atoms with Crippen LogP contribution in [0, 0.1) is 0 Å². The molecule has 2 amide bonds. The lowest BCUT2D eigenvalue weighted by Crippen LogP contribution is -2.55. The van der Waals surface area contributed by atoms with Crippen molar-refractivity contribution >= 4 is 17.7 Å². The SMILES string of the molecule is CN1CCN(NC(=O)N(C)c2ccccc2C(=O)O)CC1. The van der Waals surface area contributed by atoms with Crippen molar-refractivity contribution in [1.29, 1.82) is 0 Å². The maximum atomic E-state index is 12.2. The van der Waals surface area contributed by atoms with Crippen molar-refractivity contribution in [1.82, 2.24) is 15.3 Å². The third kappa shape index (κ3) is 3.71. The Kier molecular flexibility index (Phi) is 4.77. The number of carboxylic acids is 1. The molecule has 7 nitrogen and oxygen atoms in total. The fraction of sp³-hybridized carbons (Fsp3) is 0.429. The summed E-state index contributed by atoms with van der Waals surface area (Å²) in [7, 11) is 3.60. The molecule has 0 aliphatic carbocycles.